The monoisotopic (exact) mass is 386 g/mol. The lowest BCUT2D eigenvalue weighted by Crippen LogP contribution is -2.36. The quantitative estimate of drug-likeness (QED) is 0.598. The summed E-state index contributed by atoms with van der Waals surface area (Å²) in [4.78, 5) is 34.9. The second-order valence-electron chi connectivity index (χ2n) is 4.69. The van der Waals surface area contributed by atoms with Crippen LogP contribution < -0.4 is 10.0 Å². The number of hydrogen-bond donors (Lipinski definition) is 2. The Labute approximate surface area is 146 Å². The highest BCUT2D eigenvalue weighted by molar-refractivity contribution is 7.89. The first kappa shape index (κ1) is 18.8. The minimum Gasteiger partial charge on any atom is -0.455 e. The Morgan fingerprint density at radius 3 is 2.72 bits per heavy atom. The molecule has 0 fully saturated rings. The molecule has 2 N–H and O–H groups in total. The molecule has 2 aromatic rings. The average molecular weight is 386 g/mol. The topological polar surface area (TPSA) is 136 Å². The minimum absolute atomic E-state index is 0.109. The molecular weight excluding hydrogens is 372 g/mol. The van der Waals surface area contributed by atoms with Crippen molar-refractivity contribution in [1.82, 2.24) is 19.8 Å². The van der Waals surface area contributed by atoms with Crippen molar-refractivity contribution in [3.63, 3.8) is 0 Å². The Hall–Kier alpha value is -2.57. The molecule has 0 aliphatic heterocycles. The van der Waals surface area contributed by atoms with E-state index < -0.39 is 41.0 Å². The van der Waals surface area contributed by atoms with Gasteiger partial charge in [0.1, 0.15) is 11.4 Å². The van der Waals surface area contributed by atoms with Gasteiger partial charge in [0.2, 0.25) is 10.0 Å². The molecule has 0 saturated heterocycles. The summed E-state index contributed by atoms with van der Waals surface area (Å²) in [5.41, 5.74) is 0. The zero-order valence-electron chi connectivity index (χ0n) is 13.0. The number of aryl methyl sites for hydroxylation is 1. The van der Waals surface area contributed by atoms with Crippen LogP contribution >= 0.6 is 11.3 Å². The maximum Gasteiger partial charge on any atom is 0.321 e. The first-order valence-electron chi connectivity index (χ1n) is 6.79. The highest BCUT2D eigenvalue weighted by Crippen LogP contribution is 2.07. The SMILES string of the molecule is Cn1cc(S(=O)(=O)NCC(=O)OCC(=O)NC(=O)c2cccs2)cn1. The number of rotatable bonds is 7. The van der Waals surface area contributed by atoms with Crippen molar-refractivity contribution < 1.29 is 27.5 Å². The fraction of sp³-hybridized carbons (Fsp3) is 0.231. The largest absolute Gasteiger partial charge is 0.455 e. The van der Waals surface area contributed by atoms with Crippen molar-refractivity contribution >= 4 is 39.1 Å². The summed E-state index contributed by atoms with van der Waals surface area (Å²) in [5, 5.41) is 7.43. The van der Waals surface area contributed by atoms with Crippen LogP contribution in [0.4, 0.5) is 0 Å². The van der Waals surface area contributed by atoms with Crippen molar-refractivity contribution in [2.24, 2.45) is 7.05 Å². The summed E-state index contributed by atoms with van der Waals surface area (Å²) in [6, 6.07) is 3.19. The summed E-state index contributed by atoms with van der Waals surface area (Å²) < 4.78 is 31.7. The van der Waals surface area contributed by atoms with E-state index in [1.54, 1.807) is 18.5 Å². The number of nitrogens with one attached hydrogen (secondary N) is 2. The van der Waals surface area contributed by atoms with E-state index in [4.69, 9.17) is 0 Å². The Morgan fingerprint density at radius 2 is 2.12 bits per heavy atom. The second kappa shape index (κ2) is 8.00. The maximum atomic E-state index is 11.9. The second-order valence-corrected chi connectivity index (χ2v) is 7.40. The third kappa shape index (κ3) is 5.48. The van der Waals surface area contributed by atoms with Gasteiger partial charge in [-0.25, -0.2) is 8.42 Å². The Bertz CT molecular complexity index is 872. The number of imide groups is 1. The molecule has 134 valence electrons. The van der Waals surface area contributed by atoms with Crippen molar-refractivity contribution in [2.45, 2.75) is 4.90 Å². The maximum absolute atomic E-state index is 11.9. The summed E-state index contributed by atoms with van der Waals surface area (Å²) in [6.07, 6.45) is 2.38. The van der Waals surface area contributed by atoms with Gasteiger partial charge in [-0.3, -0.25) is 24.4 Å². The van der Waals surface area contributed by atoms with Gasteiger partial charge in [-0.15, -0.1) is 11.3 Å². The first-order chi connectivity index (χ1) is 11.8. The van der Waals surface area contributed by atoms with Crippen molar-refractivity contribution in [2.75, 3.05) is 13.2 Å². The van der Waals surface area contributed by atoms with E-state index in [1.807, 2.05) is 10.0 Å². The number of amides is 2. The summed E-state index contributed by atoms with van der Waals surface area (Å²) >= 11 is 1.15. The van der Waals surface area contributed by atoms with Crippen molar-refractivity contribution in [3.8, 4) is 0 Å². The molecule has 2 aromatic heterocycles. The van der Waals surface area contributed by atoms with Crippen LogP contribution in [0.5, 0.6) is 0 Å². The van der Waals surface area contributed by atoms with E-state index in [9.17, 15) is 22.8 Å². The Balaban J connectivity index is 1.75. The van der Waals surface area contributed by atoms with E-state index in [1.165, 1.54) is 16.9 Å². The first-order valence-corrected chi connectivity index (χ1v) is 9.16. The Morgan fingerprint density at radius 1 is 1.36 bits per heavy atom. The van der Waals surface area contributed by atoms with Crippen LogP contribution in [0.15, 0.2) is 34.8 Å². The summed E-state index contributed by atoms with van der Waals surface area (Å²) in [6.45, 7) is -1.37. The highest BCUT2D eigenvalue weighted by Gasteiger charge is 2.18. The number of thiophene rings is 1. The standard InChI is InChI=1S/C13H14N4O6S2/c1-17-7-9(5-14-17)25(21,22)15-6-12(19)23-8-11(18)16-13(20)10-3-2-4-24-10/h2-5,7,15H,6,8H2,1H3,(H,16,18,20). The van der Waals surface area contributed by atoms with Gasteiger partial charge in [-0.1, -0.05) is 6.07 Å². The summed E-state index contributed by atoms with van der Waals surface area (Å²) in [5.74, 6) is -2.39. The molecule has 10 nitrogen and oxygen atoms in total. The molecule has 0 bridgehead atoms. The van der Waals surface area contributed by atoms with E-state index >= 15 is 0 Å². The number of carbonyl (C=O) groups is 3. The minimum atomic E-state index is -3.91. The number of esters is 1. The van der Waals surface area contributed by atoms with Gasteiger partial charge in [-0.2, -0.15) is 9.82 Å². The van der Waals surface area contributed by atoms with E-state index in [-0.39, 0.29) is 4.90 Å². The van der Waals surface area contributed by atoms with Crippen LogP contribution in [0, 0.1) is 0 Å². The normalized spacial score (nSPS) is 11.1. The third-order valence-corrected chi connectivity index (χ3v) is 4.98. The fourth-order valence-corrected chi connectivity index (χ4v) is 3.17. The van der Waals surface area contributed by atoms with Crippen LogP contribution in [0.2, 0.25) is 0 Å². The molecule has 2 amide bonds. The average Bonchev–Trinajstić information content (AvgIpc) is 3.22. The molecule has 0 saturated carbocycles. The molecule has 0 spiro atoms. The van der Waals surface area contributed by atoms with Gasteiger partial charge in [0.15, 0.2) is 6.61 Å². The van der Waals surface area contributed by atoms with Gasteiger partial charge in [0.05, 0.1) is 11.1 Å². The molecule has 0 radical (unpaired) electrons. The molecule has 0 aliphatic carbocycles. The van der Waals surface area contributed by atoms with Crippen molar-refractivity contribution in [1.29, 1.82) is 0 Å². The van der Waals surface area contributed by atoms with Crippen LogP contribution in [-0.4, -0.2) is 49.1 Å². The Kier molecular flexibility index (Phi) is 6.01. The van der Waals surface area contributed by atoms with E-state index in [0.717, 1.165) is 17.5 Å². The third-order valence-electron chi connectivity index (χ3n) is 2.76. The number of ether oxygens (including phenoxy) is 1. The fourth-order valence-electron chi connectivity index (χ4n) is 1.60. The van der Waals surface area contributed by atoms with Crippen LogP contribution in [0.3, 0.4) is 0 Å². The number of nitrogens with zero attached hydrogens (tertiary/aromatic N) is 2. The zero-order valence-corrected chi connectivity index (χ0v) is 14.6. The molecule has 0 aliphatic rings. The number of hydrogen-bond acceptors (Lipinski definition) is 8. The molecule has 2 rings (SSSR count). The van der Waals surface area contributed by atoms with E-state index in [0.29, 0.717) is 4.88 Å². The van der Waals surface area contributed by atoms with Crippen molar-refractivity contribution in [3.05, 3.63) is 34.8 Å². The predicted octanol–water partition coefficient (Wildman–Crippen LogP) is -0.740. The molecular formula is C13H14N4O6S2. The predicted molar refractivity (Wildman–Crippen MR) is 86.1 cm³/mol. The molecule has 2 heterocycles. The van der Waals surface area contributed by atoms with Gasteiger partial charge < -0.3 is 4.74 Å². The number of sulfonamides is 1. The smallest absolute Gasteiger partial charge is 0.321 e. The van der Waals surface area contributed by atoms with Gasteiger partial charge in [0, 0.05) is 13.2 Å². The molecule has 0 atom stereocenters. The molecule has 12 heteroatoms. The zero-order chi connectivity index (χ0) is 18.4. The van der Waals surface area contributed by atoms with E-state index in [2.05, 4.69) is 9.84 Å². The molecule has 0 unspecified atom stereocenters. The van der Waals surface area contributed by atoms with Crippen LogP contribution in [-0.2, 0) is 31.4 Å². The van der Waals surface area contributed by atoms with Gasteiger partial charge in [0.25, 0.3) is 11.8 Å². The lowest BCUT2D eigenvalue weighted by Gasteiger charge is -2.06. The lowest BCUT2D eigenvalue weighted by atomic mass is 10.4. The van der Waals surface area contributed by atoms with Crippen LogP contribution in [0.25, 0.3) is 0 Å². The summed E-state index contributed by atoms with van der Waals surface area (Å²) in [7, 11) is -2.36. The molecule has 25 heavy (non-hydrogen) atoms. The van der Waals surface area contributed by atoms with Gasteiger partial charge in [-0.05, 0) is 11.4 Å². The number of carbonyl (C=O) groups excluding carboxylic acids is 3. The van der Waals surface area contributed by atoms with Crippen LogP contribution in [0.1, 0.15) is 9.67 Å². The lowest BCUT2D eigenvalue weighted by molar-refractivity contribution is -0.147. The number of aromatic nitrogens is 2. The molecule has 0 aromatic carbocycles. The van der Waals surface area contributed by atoms with Gasteiger partial charge >= 0.3 is 5.97 Å². The highest BCUT2D eigenvalue weighted by atomic mass is 32.2.